The van der Waals surface area contributed by atoms with Crippen LogP contribution in [-0.4, -0.2) is 90.4 Å². The van der Waals surface area contributed by atoms with Gasteiger partial charge in [0.15, 0.2) is 17.8 Å². The Kier molecular flexibility index (Phi) is 9.70. The standard InChI is InChI=1S/C25H34O10/c26-13-21-22(31)23(32)24(33)25(35-21)34-18(9-4-15-5-10-19(29)20(30)11-15)12-17(28)8-3-14-1-6-16(27)7-2-14/h1-2,5-7,10-11,17-18,21-33H,3-4,8-9,12-13H2/t17-,18-,21-,22-,23+,24-,25-/m1/s1. The average Bonchev–Trinajstić information content (AvgIpc) is 2.84. The molecule has 3 rings (SSSR count). The molecule has 1 fully saturated rings. The van der Waals surface area contributed by atoms with Gasteiger partial charge in [0.05, 0.1) is 18.8 Å². The Hall–Kier alpha value is -2.44. The molecule has 194 valence electrons. The minimum Gasteiger partial charge on any atom is -0.508 e. The third-order valence-corrected chi connectivity index (χ3v) is 6.21. The molecule has 2 aromatic rings. The van der Waals surface area contributed by atoms with Gasteiger partial charge < -0.3 is 50.3 Å². The van der Waals surface area contributed by atoms with Gasteiger partial charge in [0.25, 0.3) is 0 Å². The van der Waals surface area contributed by atoms with E-state index in [0.29, 0.717) is 31.2 Å². The zero-order chi connectivity index (χ0) is 25.5. The molecule has 0 unspecified atom stereocenters. The highest BCUT2D eigenvalue weighted by molar-refractivity contribution is 5.40. The average molecular weight is 495 g/mol. The van der Waals surface area contributed by atoms with Crippen molar-refractivity contribution in [2.24, 2.45) is 0 Å². The number of hydrogen-bond acceptors (Lipinski definition) is 10. The van der Waals surface area contributed by atoms with Crippen LogP contribution >= 0.6 is 0 Å². The summed E-state index contributed by atoms with van der Waals surface area (Å²) in [6.07, 6.45) is -6.69. The van der Waals surface area contributed by atoms with Gasteiger partial charge in [-0.05, 0) is 67.5 Å². The van der Waals surface area contributed by atoms with E-state index in [4.69, 9.17) is 9.47 Å². The lowest BCUT2D eigenvalue weighted by Gasteiger charge is -2.41. The number of aryl methyl sites for hydroxylation is 2. The molecule has 0 amide bonds. The number of aromatic hydroxyl groups is 3. The number of rotatable bonds is 11. The molecule has 8 N–H and O–H groups in total. The predicted octanol–water partition coefficient (Wildman–Crippen LogP) is 0.305. The Morgan fingerprint density at radius 2 is 1.46 bits per heavy atom. The molecule has 0 spiro atoms. The smallest absolute Gasteiger partial charge is 0.186 e. The van der Waals surface area contributed by atoms with E-state index in [9.17, 15) is 40.9 Å². The summed E-state index contributed by atoms with van der Waals surface area (Å²) in [4.78, 5) is 0. The van der Waals surface area contributed by atoms with Crippen molar-refractivity contribution < 1.29 is 50.3 Å². The number of aliphatic hydroxyl groups is 5. The summed E-state index contributed by atoms with van der Waals surface area (Å²) in [6.45, 7) is -0.586. The Bertz CT molecular complexity index is 919. The van der Waals surface area contributed by atoms with Crippen LogP contribution in [0.4, 0.5) is 0 Å². The molecule has 0 aliphatic carbocycles. The van der Waals surface area contributed by atoms with Gasteiger partial charge in [0.1, 0.15) is 30.2 Å². The van der Waals surface area contributed by atoms with Gasteiger partial charge in [-0.1, -0.05) is 18.2 Å². The number of ether oxygens (including phenoxy) is 2. The normalized spacial score (nSPS) is 26.4. The zero-order valence-corrected chi connectivity index (χ0v) is 19.2. The van der Waals surface area contributed by atoms with Gasteiger partial charge in [-0.2, -0.15) is 0 Å². The van der Waals surface area contributed by atoms with Crippen LogP contribution in [0.1, 0.15) is 30.4 Å². The fourth-order valence-corrected chi connectivity index (χ4v) is 4.08. The number of benzene rings is 2. The summed E-state index contributed by atoms with van der Waals surface area (Å²) in [6, 6.07) is 11.1. The first-order chi connectivity index (χ1) is 16.7. The van der Waals surface area contributed by atoms with Gasteiger partial charge in [-0.15, -0.1) is 0 Å². The van der Waals surface area contributed by atoms with Crippen molar-refractivity contribution in [2.75, 3.05) is 6.61 Å². The molecule has 1 aliphatic heterocycles. The molecule has 7 atom stereocenters. The highest BCUT2D eigenvalue weighted by Gasteiger charge is 2.44. The second-order valence-electron chi connectivity index (χ2n) is 8.91. The third kappa shape index (κ3) is 7.52. The van der Waals surface area contributed by atoms with Gasteiger partial charge in [-0.25, -0.2) is 0 Å². The maximum Gasteiger partial charge on any atom is 0.186 e. The van der Waals surface area contributed by atoms with Crippen molar-refractivity contribution in [3.05, 3.63) is 53.6 Å². The molecule has 10 heteroatoms. The van der Waals surface area contributed by atoms with Crippen LogP contribution in [-0.2, 0) is 22.3 Å². The molecule has 1 aliphatic rings. The van der Waals surface area contributed by atoms with Crippen molar-refractivity contribution in [3.63, 3.8) is 0 Å². The Morgan fingerprint density at radius 1 is 0.800 bits per heavy atom. The predicted molar refractivity (Wildman–Crippen MR) is 124 cm³/mol. The fraction of sp³-hybridized carbons (Fsp3) is 0.520. The maximum atomic E-state index is 10.7. The molecule has 0 bridgehead atoms. The van der Waals surface area contributed by atoms with E-state index < -0.39 is 49.5 Å². The SMILES string of the molecule is OC[C@H]1O[C@@H](O[C@H](CCc2ccc(O)c(O)c2)C[C@H](O)CCc2ccc(O)cc2)[C@H](O)[C@@H](O)[C@@H]1O. The van der Waals surface area contributed by atoms with E-state index in [1.807, 2.05) is 0 Å². The van der Waals surface area contributed by atoms with E-state index >= 15 is 0 Å². The molecule has 35 heavy (non-hydrogen) atoms. The molecule has 0 saturated carbocycles. The van der Waals surface area contributed by atoms with Crippen LogP contribution in [0, 0.1) is 0 Å². The van der Waals surface area contributed by atoms with Crippen molar-refractivity contribution in [2.45, 2.75) is 75.0 Å². The third-order valence-electron chi connectivity index (χ3n) is 6.21. The molecule has 0 radical (unpaired) electrons. The largest absolute Gasteiger partial charge is 0.508 e. The molecular weight excluding hydrogens is 460 g/mol. The van der Waals surface area contributed by atoms with Gasteiger partial charge in [-0.3, -0.25) is 0 Å². The minimum atomic E-state index is -1.58. The second kappa shape index (κ2) is 12.5. The van der Waals surface area contributed by atoms with Crippen LogP contribution in [0.15, 0.2) is 42.5 Å². The molecular formula is C25H34O10. The van der Waals surface area contributed by atoms with Gasteiger partial charge in [0.2, 0.25) is 0 Å². The first-order valence-corrected chi connectivity index (χ1v) is 11.6. The second-order valence-corrected chi connectivity index (χ2v) is 8.91. The number of phenolic OH excluding ortho intramolecular Hbond substituents is 3. The fourth-order valence-electron chi connectivity index (χ4n) is 4.08. The summed E-state index contributed by atoms with van der Waals surface area (Å²) in [7, 11) is 0. The summed E-state index contributed by atoms with van der Waals surface area (Å²) < 4.78 is 11.4. The maximum absolute atomic E-state index is 10.7. The summed E-state index contributed by atoms with van der Waals surface area (Å²) in [5.74, 6) is -0.349. The molecule has 1 saturated heterocycles. The monoisotopic (exact) mass is 494 g/mol. The zero-order valence-electron chi connectivity index (χ0n) is 19.2. The Labute approximate surface area is 203 Å². The molecule has 2 aromatic carbocycles. The molecule has 1 heterocycles. The van der Waals surface area contributed by atoms with E-state index in [2.05, 4.69) is 0 Å². The lowest BCUT2D eigenvalue weighted by Crippen LogP contribution is -2.59. The van der Waals surface area contributed by atoms with E-state index in [1.165, 1.54) is 12.1 Å². The lowest BCUT2D eigenvalue weighted by molar-refractivity contribution is -0.313. The summed E-state index contributed by atoms with van der Waals surface area (Å²) >= 11 is 0. The first-order valence-electron chi connectivity index (χ1n) is 11.6. The molecule has 10 nitrogen and oxygen atoms in total. The van der Waals surface area contributed by atoms with Crippen molar-refractivity contribution in [3.8, 4) is 17.2 Å². The van der Waals surface area contributed by atoms with Crippen molar-refractivity contribution in [1.82, 2.24) is 0 Å². The van der Waals surface area contributed by atoms with Crippen molar-refractivity contribution in [1.29, 1.82) is 0 Å². The van der Waals surface area contributed by atoms with Gasteiger partial charge in [0, 0.05) is 0 Å². The minimum absolute atomic E-state index is 0.155. The number of hydrogen-bond donors (Lipinski definition) is 8. The highest BCUT2D eigenvalue weighted by atomic mass is 16.7. The van der Waals surface area contributed by atoms with E-state index in [0.717, 1.165) is 5.56 Å². The quantitative estimate of drug-likeness (QED) is 0.203. The first kappa shape index (κ1) is 27.2. The van der Waals surface area contributed by atoms with Gasteiger partial charge >= 0.3 is 0 Å². The summed E-state index contributed by atoms with van der Waals surface area (Å²) in [5, 5.41) is 79.2. The topological polar surface area (TPSA) is 180 Å². The Morgan fingerprint density at radius 3 is 2.11 bits per heavy atom. The van der Waals surface area contributed by atoms with Crippen molar-refractivity contribution >= 4 is 0 Å². The highest BCUT2D eigenvalue weighted by Crippen LogP contribution is 2.28. The van der Waals surface area contributed by atoms with Crippen LogP contribution < -0.4 is 0 Å². The van der Waals surface area contributed by atoms with Crippen LogP contribution in [0.25, 0.3) is 0 Å². The number of aliphatic hydroxyl groups excluding tert-OH is 5. The van der Waals surface area contributed by atoms with E-state index in [1.54, 1.807) is 30.3 Å². The number of phenols is 3. The van der Waals surface area contributed by atoms with E-state index in [-0.39, 0.29) is 23.7 Å². The summed E-state index contributed by atoms with van der Waals surface area (Å²) in [5.41, 5.74) is 1.65. The molecule has 0 aromatic heterocycles. The Balaban J connectivity index is 1.66. The lowest BCUT2D eigenvalue weighted by atomic mass is 9.97. The van der Waals surface area contributed by atoms with Crippen LogP contribution in [0.2, 0.25) is 0 Å². The van der Waals surface area contributed by atoms with Crippen LogP contribution in [0.5, 0.6) is 17.2 Å². The van der Waals surface area contributed by atoms with Crippen LogP contribution in [0.3, 0.4) is 0 Å².